The van der Waals surface area contributed by atoms with Gasteiger partial charge in [0, 0.05) is 60.8 Å². The van der Waals surface area contributed by atoms with Gasteiger partial charge in [0.05, 0.1) is 44.2 Å². The average molecular weight is 525 g/mol. The number of anilines is 3. The second-order valence-electron chi connectivity index (χ2n) is 9.42. The summed E-state index contributed by atoms with van der Waals surface area (Å²) in [6.45, 7) is 0.630. The van der Waals surface area contributed by atoms with Gasteiger partial charge in [0.15, 0.2) is 11.5 Å². The van der Waals surface area contributed by atoms with Crippen LogP contribution in [0.3, 0.4) is 0 Å². The topological polar surface area (TPSA) is 112 Å². The second kappa shape index (κ2) is 9.75. The summed E-state index contributed by atoms with van der Waals surface area (Å²) in [6, 6.07) is 9.71. The Kier molecular flexibility index (Phi) is 6.10. The monoisotopic (exact) mass is 524 g/mol. The summed E-state index contributed by atoms with van der Waals surface area (Å²) in [7, 11) is 6.93. The Morgan fingerprint density at radius 3 is 2.62 bits per heavy atom. The van der Waals surface area contributed by atoms with Crippen LogP contribution in [0.2, 0.25) is 0 Å². The summed E-state index contributed by atoms with van der Waals surface area (Å²) in [6.07, 6.45) is 8.04. The number of nitrogens with zero attached hydrogens (tertiary/aromatic N) is 7. The van der Waals surface area contributed by atoms with Crippen LogP contribution >= 0.6 is 0 Å². The van der Waals surface area contributed by atoms with Gasteiger partial charge in [-0.2, -0.15) is 10.2 Å². The largest absolute Gasteiger partial charge is 0.493 e. The molecule has 0 aliphatic carbocycles. The fourth-order valence-corrected chi connectivity index (χ4v) is 5.07. The fraction of sp³-hybridized carbons (Fsp3) is 0.250. The zero-order valence-corrected chi connectivity index (χ0v) is 22.2. The Hall–Kier alpha value is -4.93. The summed E-state index contributed by atoms with van der Waals surface area (Å²) >= 11 is 0. The lowest BCUT2D eigenvalue weighted by atomic mass is 10.1. The van der Waals surface area contributed by atoms with Crippen LogP contribution in [0.15, 0.2) is 55.2 Å². The first-order valence-electron chi connectivity index (χ1n) is 12.5. The third-order valence-corrected chi connectivity index (χ3v) is 7.08. The summed E-state index contributed by atoms with van der Waals surface area (Å²) in [4.78, 5) is 24.2. The van der Waals surface area contributed by atoms with Crippen LogP contribution in [-0.2, 0) is 31.7 Å². The van der Waals surface area contributed by atoms with Crippen molar-refractivity contribution in [3.63, 3.8) is 0 Å². The van der Waals surface area contributed by atoms with Gasteiger partial charge in [-0.15, -0.1) is 0 Å². The quantitative estimate of drug-likeness (QED) is 0.343. The Bertz CT molecular complexity index is 1710. The molecule has 0 saturated carbocycles. The van der Waals surface area contributed by atoms with E-state index in [0.29, 0.717) is 23.9 Å². The van der Waals surface area contributed by atoms with E-state index in [9.17, 15) is 4.79 Å². The van der Waals surface area contributed by atoms with Gasteiger partial charge in [0.1, 0.15) is 12.1 Å². The van der Waals surface area contributed by atoms with Crippen molar-refractivity contribution in [3.8, 4) is 22.6 Å². The molecular weight excluding hydrogens is 496 g/mol. The predicted octanol–water partition coefficient (Wildman–Crippen LogP) is 3.66. The maximum Gasteiger partial charge on any atom is 0.233 e. The first-order chi connectivity index (χ1) is 18.9. The van der Waals surface area contributed by atoms with Gasteiger partial charge in [-0.3, -0.25) is 14.2 Å². The molecule has 198 valence electrons. The molecule has 2 aromatic carbocycles. The summed E-state index contributed by atoms with van der Waals surface area (Å²) in [5, 5.41) is 12.9. The number of carbonyl (C=O) groups excluding carboxylic acids is 1. The highest BCUT2D eigenvalue weighted by molar-refractivity contribution is 5.98. The van der Waals surface area contributed by atoms with E-state index in [1.54, 1.807) is 36.0 Å². The number of amides is 1. The van der Waals surface area contributed by atoms with Crippen molar-refractivity contribution in [1.82, 2.24) is 29.5 Å². The SMILES string of the molecule is COc1cc2ncnc(Nc3ccc4c(c3)CCN4C(=O)Cc3c(-c4cnn(C)c4)cnn3C)c2cc1OC. The molecule has 3 aromatic heterocycles. The molecule has 0 atom stereocenters. The van der Waals surface area contributed by atoms with E-state index in [4.69, 9.17) is 9.47 Å². The van der Waals surface area contributed by atoms with Crippen molar-refractivity contribution in [2.45, 2.75) is 12.8 Å². The molecule has 0 saturated heterocycles. The summed E-state index contributed by atoms with van der Waals surface area (Å²) < 4.78 is 14.4. The minimum Gasteiger partial charge on any atom is -0.493 e. The third kappa shape index (κ3) is 4.41. The lowest BCUT2D eigenvalue weighted by Crippen LogP contribution is -2.31. The Labute approximate surface area is 225 Å². The number of hydrogen-bond acceptors (Lipinski definition) is 8. The number of aryl methyl sites for hydroxylation is 2. The number of benzene rings is 2. The van der Waals surface area contributed by atoms with Gasteiger partial charge >= 0.3 is 0 Å². The number of fused-ring (bicyclic) bond motifs is 2. The molecule has 1 aliphatic rings. The standard InChI is InChI=1S/C28H28N8O3/c1-34-15-18(13-31-34)21-14-32-35(2)24(21)12-27(37)36-8-7-17-9-19(5-6-23(17)36)33-28-20-10-25(38-3)26(39-4)11-22(20)29-16-30-28/h5-6,9-11,13-16H,7-8,12H2,1-4H3,(H,29,30,33). The zero-order valence-electron chi connectivity index (χ0n) is 22.2. The Morgan fingerprint density at radius 1 is 1.03 bits per heavy atom. The van der Waals surface area contributed by atoms with Gasteiger partial charge in [-0.1, -0.05) is 0 Å². The molecule has 1 amide bonds. The van der Waals surface area contributed by atoms with Crippen molar-refractivity contribution >= 4 is 34.0 Å². The first-order valence-corrected chi connectivity index (χ1v) is 12.5. The van der Waals surface area contributed by atoms with Crippen LogP contribution in [0.25, 0.3) is 22.0 Å². The number of aromatic nitrogens is 6. The number of methoxy groups -OCH3 is 2. The summed E-state index contributed by atoms with van der Waals surface area (Å²) in [5.74, 6) is 1.90. The molecule has 0 unspecified atom stereocenters. The smallest absolute Gasteiger partial charge is 0.233 e. The first kappa shape index (κ1) is 24.4. The van der Waals surface area contributed by atoms with E-state index in [1.807, 2.05) is 49.5 Å². The lowest BCUT2D eigenvalue weighted by Gasteiger charge is -2.18. The van der Waals surface area contributed by atoms with Crippen LogP contribution < -0.4 is 19.7 Å². The normalized spacial score (nSPS) is 12.6. The maximum atomic E-state index is 13.5. The van der Waals surface area contributed by atoms with Crippen LogP contribution in [0.4, 0.5) is 17.2 Å². The van der Waals surface area contributed by atoms with E-state index in [0.717, 1.165) is 51.1 Å². The number of ether oxygens (including phenoxy) is 2. The molecule has 1 aliphatic heterocycles. The maximum absolute atomic E-state index is 13.5. The van der Waals surface area contributed by atoms with Crippen LogP contribution in [0, 0.1) is 0 Å². The molecule has 0 bridgehead atoms. The average Bonchev–Trinajstić information content (AvgIpc) is 3.66. The molecule has 11 nitrogen and oxygen atoms in total. The highest BCUT2D eigenvalue weighted by Gasteiger charge is 2.27. The Morgan fingerprint density at radius 2 is 1.85 bits per heavy atom. The molecule has 11 heteroatoms. The van der Waals surface area contributed by atoms with Gasteiger partial charge in [-0.25, -0.2) is 9.97 Å². The molecule has 0 fully saturated rings. The zero-order chi connectivity index (χ0) is 27.1. The third-order valence-electron chi connectivity index (χ3n) is 7.08. The van der Waals surface area contributed by atoms with Crippen molar-refractivity contribution in [3.05, 3.63) is 66.5 Å². The van der Waals surface area contributed by atoms with Gasteiger partial charge in [-0.05, 0) is 36.2 Å². The number of rotatable bonds is 7. The molecule has 39 heavy (non-hydrogen) atoms. The number of carbonyl (C=O) groups is 1. The lowest BCUT2D eigenvalue weighted by molar-refractivity contribution is -0.118. The molecular formula is C28H28N8O3. The van der Waals surface area contributed by atoms with E-state index in [-0.39, 0.29) is 12.3 Å². The van der Waals surface area contributed by atoms with Crippen molar-refractivity contribution in [1.29, 1.82) is 0 Å². The minimum atomic E-state index is 0.0334. The summed E-state index contributed by atoms with van der Waals surface area (Å²) in [5.41, 5.74) is 6.37. The molecule has 0 radical (unpaired) electrons. The van der Waals surface area contributed by atoms with Gasteiger partial charge in [0.2, 0.25) is 5.91 Å². The van der Waals surface area contributed by atoms with E-state index in [1.165, 1.54) is 6.33 Å². The van der Waals surface area contributed by atoms with Crippen molar-refractivity contribution in [2.24, 2.45) is 14.1 Å². The molecule has 5 aromatic rings. The van der Waals surface area contributed by atoms with Crippen LogP contribution in [-0.4, -0.2) is 56.2 Å². The number of nitrogens with one attached hydrogen (secondary N) is 1. The molecule has 1 N–H and O–H groups in total. The van der Waals surface area contributed by atoms with Crippen LogP contribution in [0.1, 0.15) is 11.3 Å². The van der Waals surface area contributed by atoms with E-state index in [2.05, 4.69) is 31.5 Å². The highest BCUT2D eigenvalue weighted by atomic mass is 16.5. The van der Waals surface area contributed by atoms with E-state index >= 15 is 0 Å². The van der Waals surface area contributed by atoms with Crippen LogP contribution in [0.5, 0.6) is 11.5 Å². The predicted molar refractivity (Wildman–Crippen MR) is 148 cm³/mol. The van der Waals surface area contributed by atoms with E-state index < -0.39 is 0 Å². The number of hydrogen-bond donors (Lipinski definition) is 1. The van der Waals surface area contributed by atoms with Crippen molar-refractivity contribution in [2.75, 3.05) is 31.0 Å². The fourth-order valence-electron chi connectivity index (χ4n) is 5.07. The van der Waals surface area contributed by atoms with Gasteiger partial charge < -0.3 is 19.7 Å². The minimum absolute atomic E-state index is 0.0334. The van der Waals surface area contributed by atoms with Gasteiger partial charge in [0.25, 0.3) is 0 Å². The molecule has 0 spiro atoms. The highest BCUT2D eigenvalue weighted by Crippen LogP contribution is 2.36. The Balaban J connectivity index is 1.24. The molecule has 6 rings (SSSR count). The second-order valence-corrected chi connectivity index (χ2v) is 9.42. The molecule has 4 heterocycles. The van der Waals surface area contributed by atoms with Crippen molar-refractivity contribution < 1.29 is 14.3 Å².